The smallest absolute Gasteiger partial charge is 0.124 e. The first-order chi connectivity index (χ1) is 6.02. The first-order valence-corrected chi connectivity index (χ1v) is 3.98. The maximum atomic E-state index is 9.36. The van der Waals surface area contributed by atoms with Crippen molar-refractivity contribution in [1.29, 1.82) is 0 Å². The largest absolute Gasteiger partial charge is 0.508 e. The number of phenolic OH excluding ortho intramolecular Hbond substituents is 2. The van der Waals surface area contributed by atoms with Gasteiger partial charge in [0, 0.05) is 11.6 Å². The van der Waals surface area contributed by atoms with Crippen molar-refractivity contribution in [2.45, 2.75) is 19.1 Å². The van der Waals surface area contributed by atoms with E-state index in [9.17, 15) is 5.11 Å². The molecule has 4 nitrogen and oxygen atoms in total. The Morgan fingerprint density at radius 3 is 2.38 bits per heavy atom. The van der Waals surface area contributed by atoms with Gasteiger partial charge < -0.3 is 21.1 Å². The highest BCUT2D eigenvalue weighted by Crippen LogP contribution is 2.28. The van der Waals surface area contributed by atoms with Crippen LogP contribution >= 0.6 is 0 Å². The standard InChI is InChI=1S/C9H13NO3/c1-5(11)9(10)7-3-2-6(12)4-8(7)13/h2-5,9,11-13H,10H2,1H3/t5-,9+/m1/s1. The SMILES string of the molecule is C[C@@H](O)[C@H](N)c1ccc(O)cc1O. The van der Waals surface area contributed by atoms with E-state index in [-0.39, 0.29) is 11.5 Å². The molecule has 13 heavy (non-hydrogen) atoms. The van der Waals surface area contributed by atoms with Crippen molar-refractivity contribution in [3.63, 3.8) is 0 Å². The van der Waals surface area contributed by atoms with Crippen LogP contribution in [0.4, 0.5) is 0 Å². The van der Waals surface area contributed by atoms with E-state index in [4.69, 9.17) is 15.9 Å². The second kappa shape index (κ2) is 3.64. The quantitative estimate of drug-likeness (QED) is 0.537. The van der Waals surface area contributed by atoms with Gasteiger partial charge in [-0.2, -0.15) is 0 Å². The van der Waals surface area contributed by atoms with E-state index >= 15 is 0 Å². The van der Waals surface area contributed by atoms with Gasteiger partial charge in [-0.3, -0.25) is 0 Å². The number of phenols is 2. The van der Waals surface area contributed by atoms with Crippen LogP contribution < -0.4 is 5.73 Å². The highest BCUT2D eigenvalue weighted by atomic mass is 16.3. The second-order valence-corrected chi connectivity index (χ2v) is 3.01. The number of hydrogen-bond acceptors (Lipinski definition) is 4. The first kappa shape index (κ1) is 9.83. The maximum absolute atomic E-state index is 9.36. The maximum Gasteiger partial charge on any atom is 0.124 e. The Labute approximate surface area is 76.2 Å². The van der Waals surface area contributed by atoms with Crippen LogP contribution in [0.25, 0.3) is 0 Å². The number of aromatic hydroxyl groups is 2. The summed E-state index contributed by atoms with van der Waals surface area (Å²) < 4.78 is 0. The molecule has 0 aliphatic carbocycles. The van der Waals surface area contributed by atoms with Crippen molar-refractivity contribution in [3.8, 4) is 11.5 Å². The topological polar surface area (TPSA) is 86.7 Å². The van der Waals surface area contributed by atoms with Crippen LogP contribution in [0.2, 0.25) is 0 Å². The van der Waals surface area contributed by atoms with Crippen LogP contribution in [0, 0.1) is 0 Å². The fourth-order valence-electron chi connectivity index (χ4n) is 1.07. The van der Waals surface area contributed by atoms with Crippen LogP contribution in [0.1, 0.15) is 18.5 Å². The summed E-state index contributed by atoms with van der Waals surface area (Å²) in [5.74, 6) is -0.132. The lowest BCUT2D eigenvalue weighted by molar-refractivity contribution is 0.162. The molecule has 0 unspecified atom stereocenters. The molecule has 72 valence electrons. The van der Waals surface area contributed by atoms with Gasteiger partial charge in [-0.25, -0.2) is 0 Å². The van der Waals surface area contributed by atoms with Crippen molar-refractivity contribution in [2.75, 3.05) is 0 Å². The zero-order valence-electron chi connectivity index (χ0n) is 7.31. The van der Waals surface area contributed by atoms with E-state index in [1.807, 2.05) is 0 Å². The summed E-state index contributed by atoms with van der Waals surface area (Å²) in [6.45, 7) is 1.54. The highest BCUT2D eigenvalue weighted by molar-refractivity contribution is 5.40. The molecule has 0 aliphatic rings. The van der Waals surface area contributed by atoms with Crippen LogP contribution in [0.15, 0.2) is 18.2 Å². The Morgan fingerprint density at radius 1 is 1.31 bits per heavy atom. The predicted octanol–water partition coefficient (Wildman–Crippen LogP) is 0.478. The molecule has 4 heteroatoms. The van der Waals surface area contributed by atoms with Crippen LogP contribution in [0.3, 0.4) is 0 Å². The Balaban J connectivity index is 3.01. The number of hydrogen-bond donors (Lipinski definition) is 4. The molecule has 1 aromatic rings. The third-order valence-electron chi connectivity index (χ3n) is 1.89. The monoisotopic (exact) mass is 183 g/mol. The summed E-state index contributed by atoms with van der Waals surface area (Å²) in [4.78, 5) is 0. The van der Waals surface area contributed by atoms with Gasteiger partial charge in [0.15, 0.2) is 0 Å². The van der Waals surface area contributed by atoms with E-state index in [0.29, 0.717) is 5.56 Å². The molecule has 0 amide bonds. The summed E-state index contributed by atoms with van der Waals surface area (Å²) in [6, 6.07) is 3.46. The summed E-state index contributed by atoms with van der Waals surface area (Å²) in [5, 5.41) is 27.5. The minimum atomic E-state index is -0.740. The van der Waals surface area contributed by atoms with Crippen LogP contribution in [-0.2, 0) is 0 Å². The number of aliphatic hydroxyl groups is 1. The fraction of sp³-hybridized carbons (Fsp3) is 0.333. The molecule has 0 saturated heterocycles. The molecule has 0 saturated carbocycles. The average molecular weight is 183 g/mol. The van der Waals surface area contributed by atoms with Gasteiger partial charge in [0.25, 0.3) is 0 Å². The number of nitrogens with two attached hydrogens (primary N) is 1. The number of aliphatic hydroxyl groups excluding tert-OH is 1. The number of benzene rings is 1. The van der Waals surface area contributed by atoms with Crippen LogP contribution in [0.5, 0.6) is 11.5 Å². The minimum Gasteiger partial charge on any atom is -0.508 e. The van der Waals surface area contributed by atoms with Crippen molar-refractivity contribution in [1.82, 2.24) is 0 Å². The molecule has 0 spiro atoms. The van der Waals surface area contributed by atoms with Gasteiger partial charge in [0.05, 0.1) is 12.1 Å². The zero-order chi connectivity index (χ0) is 10.0. The van der Waals surface area contributed by atoms with Gasteiger partial charge in [0.1, 0.15) is 11.5 Å². The first-order valence-electron chi connectivity index (χ1n) is 3.98. The molecule has 1 rings (SSSR count). The molecule has 1 aromatic carbocycles. The Kier molecular flexibility index (Phi) is 2.75. The van der Waals surface area contributed by atoms with Gasteiger partial charge >= 0.3 is 0 Å². The van der Waals surface area contributed by atoms with Crippen molar-refractivity contribution in [2.24, 2.45) is 5.73 Å². The van der Waals surface area contributed by atoms with Gasteiger partial charge in [-0.1, -0.05) is 0 Å². The van der Waals surface area contributed by atoms with E-state index in [2.05, 4.69) is 0 Å². The number of rotatable bonds is 2. The Morgan fingerprint density at radius 2 is 1.92 bits per heavy atom. The van der Waals surface area contributed by atoms with E-state index in [0.717, 1.165) is 0 Å². The molecule has 0 radical (unpaired) electrons. The molecule has 0 aromatic heterocycles. The van der Waals surface area contributed by atoms with Gasteiger partial charge in [-0.05, 0) is 19.1 Å². The molecule has 2 atom stereocenters. The molecule has 0 fully saturated rings. The lowest BCUT2D eigenvalue weighted by Crippen LogP contribution is -2.23. The summed E-state index contributed by atoms with van der Waals surface area (Å²) in [5.41, 5.74) is 6.02. The normalized spacial score (nSPS) is 15.3. The van der Waals surface area contributed by atoms with E-state index in [1.165, 1.54) is 25.1 Å². The third-order valence-corrected chi connectivity index (χ3v) is 1.89. The fourth-order valence-corrected chi connectivity index (χ4v) is 1.07. The molecule has 0 heterocycles. The van der Waals surface area contributed by atoms with Crippen molar-refractivity contribution < 1.29 is 15.3 Å². The molecular weight excluding hydrogens is 170 g/mol. The summed E-state index contributed by atoms with van der Waals surface area (Å²) in [6.07, 6.45) is -0.740. The molecular formula is C9H13NO3. The Hall–Kier alpha value is -1.26. The lowest BCUT2D eigenvalue weighted by atomic mass is 10.0. The lowest BCUT2D eigenvalue weighted by Gasteiger charge is -2.16. The van der Waals surface area contributed by atoms with Gasteiger partial charge in [0.2, 0.25) is 0 Å². The second-order valence-electron chi connectivity index (χ2n) is 3.01. The zero-order valence-corrected chi connectivity index (χ0v) is 7.31. The van der Waals surface area contributed by atoms with Crippen molar-refractivity contribution >= 4 is 0 Å². The van der Waals surface area contributed by atoms with Crippen LogP contribution in [-0.4, -0.2) is 21.4 Å². The minimum absolute atomic E-state index is 0.0287. The van der Waals surface area contributed by atoms with Gasteiger partial charge in [-0.15, -0.1) is 0 Å². The molecule has 5 N–H and O–H groups in total. The predicted molar refractivity (Wildman–Crippen MR) is 48.4 cm³/mol. The third kappa shape index (κ3) is 2.11. The van der Waals surface area contributed by atoms with E-state index in [1.54, 1.807) is 0 Å². The average Bonchev–Trinajstić information content (AvgIpc) is 2.03. The molecule has 0 bridgehead atoms. The molecule has 0 aliphatic heterocycles. The Bertz CT molecular complexity index is 299. The summed E-state index contributed by atoms with van der Waals surface area (Å²) >= 11 is 0. The van der Waals surface area contributed by atoms with Crippen molar-refractivity contribution in [3.05, 3.63) is 23.8 Å². The van der Waals surface area contributed by atoms with E-state index < -0.39 is 12.1 Å². The summed E-state index contributed by atoms with van der Waals surface area (Å²) in [7, 11) is 0. The highest BCUT2D eigenvalue weighted by Gasteiger charge is 2.15.